The van der Waals surface area contributed by atoms with Gasteiger partial charge < -0.3 is 9.84 Å². The van der Waals surface area contributed by atoms with Gasteiger partial charge in [0.25, 0.3) is 5.91 Å². The predicted octanol–water partition coefficient (Wildman–Crippen LogP) is 2.12. The molecule has 0 bridgehead atoms. The van der Waals surface area contributed by atoms with Gasteiger partial charge in [-0.15, -0.1) is 11.3 Å². The molecule has 25 heavy (non-hydrogen) atoms. The molecule has 7 heteroatoms. The zero-order valence-electron chi connectivity index (χ0n) is 13.6. The van der Waals surface area contributed by atoms with Gasteiger partial charge in [-0.2, -0.15) is 0 Å². The van der Waals surface area contributed by atoms with Crippen molar-refractivity contribution in [2.75, 3.05) is 18.1 Å². The molecule has 1 atom stereocenters. The minimum absolute atomic E-state index is 0.198. The first-order valence-corrected chi connectivity index (χ1v) is 8.71. The van der Waals surface area contributed by atoms with E-state index in [2.05, 4.69) is 0 Å². The van der Waals surface area contributed by atoms with Crippen LogP contribution in [-0.2, 0) is 19.9 Å². The first-order chi connectivity index (χ1) is 12.0. The van der Waals surface area contributed by atoms with E-state index < -0.39 is 17.5 Å². The van der Waals surface area contributed by atoms with E-state index >= 15 is 0 Å². The third-order valence-corrected chi connectivity index (χ3v) is 4.96. The van der Waals surface area contributed by atoms with Gasteiger partial charge in [-0.25, -0.2) is 0 Å². The third-order valence-electron chi connectivity index (χ3n) is 4.04. The van der Waals surface area contributed by atoms with Crippen molar-refractivity contribution in [3.63, 3.8) is 0 Å². The highest BCUT2D eigenvalue weighted by molar-refractivity contribution is 7.12. The molecule has 1 aromatic carbocycles. The molecule has 1 N–H and O–H groups in total. The maximum atomic E-state index is 12.8. The van der Waals surface area contributed by atoms with Crippen molar-refractivity contribution in [2.45, 2.75) is 18.9 Å². The van der Waals surface area contributed by atoms with Crippen LogP contribution in [0.2, 0.25) is 0 Å². The van der Waals surface area contributed by atoms with E-state index in [0.29, 0.717) is 16.1 Å². The van der Waals surface area contributed by atoms with Gasteiger partial charge in [0.1, 0.15) is 6.54 Å². The van der Waals surface area contributed by atoms with E-state index in [-0.39, 0.29) is 25.4 Å². The summed E-state index contributed by atoms with van der Waals surface area (Å²) in [4.78, 5) is 38.8. The van der Waals surface area contributed by atoms with Crippen molar-refractivity contribution in [3.05, 3.63) is 52.2 Å². The molecule has 2 heterocycles. The van der Waals surface area contributed by atoms with E-state index in [9.17, 15) is 19.5 Å². The minimum Gasteiger partial charge on any atom is -0.465 e. The van der Waals surface area contributed by atoms with Gasteiger partial charge >= 0.3 is 5.97 Å². The fraction of sp³-hybridized carbons (Fsp3) is 0.278. The molecule has 1 aliphatic rings. The Bertz CT molecular complexity index is 817. The summed E-state index contributed by atoms with van der Waals surface area (Å²) in [5.41, 5.74) is -1.24. The second-order valence-corrected chi connectivity index (χ2v) is 6.60. The lowest BCUT2D eigenvalue weighted by atomic mass is 9.89. The van der Waals surface area contributed by atoms with E-state index in [0.717, 1.165) is 0 Å². The number of benzene rings is 1. The van der Waals surface area contributed by atoms with Gasteiger partial charge in [-0.1, -0.05) is 24.3 Å². The number of thiophene rings is 1. The average molecular weight is 359 g/mol. The van der Waals surface area contributed by atoms with Crippen LogP contribution in [0, 0.1) is 0 Å². The Morgan fingerprint density at radius 1 is 1.24 bits per heavy atom. The number of ketones is 1. The first-order valence-electron chi connectivity index (χ1n) is 7.83. The smallest absolute Gasteiger partial charge is 0.326 e. The summed E-state index contributed by atoms with van der Waals surface area (Å²) in [5, 5.41) is 12.8. The summed E-state index contributed by atoms with van der Waals surface area (Å²) in [7, 11) is 0. The van der Waals surface area contributed by atoms with Crippen molar-refractivity contribution < 1.29 is 24.2 Å². The van der Waals surface area contributed by atoms with E-state index in [1.165, 1.54) is 16.2 Å². The maximum absolute atomic E-state index is 12.8. The van der Waals surface area contributed by atoms with E-state index in [4.69, 9.17) is 4.74 Å². The van der Waals surface area contributed by atoms with Gasteiger partial charge in [0, 0.05) is 5.56 Å². The summed E-state index contributed by atoms with van der Waals surface area (Å²) in [6.45, 7) is 1.57. The standard InChI is InChI=1S/C18H17NO5S/c1-2-24-16(21)11-19-13-7-4-3-6-12(13)18(23,17(19)22)10-14(20)15-8-5-9-25-15/h3-9,23H,2,10-11H2,1H3/t18-/m0/s1. The van der Waals surface area contributed by atoms with E-state index in [1.54, 1.807) is 48.7 Å². The molecule has 0 saturated carbocycles. The maximum Gasteiger partial charge on any atom is 0.326 e. The number of para-hydroxylation sites is 1. The third kappa shape index (κ3) is 3.08. The van der Waals surface area contributed by atoms with Crippen LogP contribution in [0.3, 0.4) is 0 Å². The van der Waals surface area contributed by atoms with Crippen LogP contribution in [0.15, 0.2) is 41.8 Å². The number of hydrogen-bond acceptors (Lipinski definition) is 6. The highest BCUT2D eigenvalue weighted by atomic mass is 32.1. The fourth-order valence-electron chi connectivity index (χ4n) is 2.93. The molecule has 0 saturated heterocycles. The summed E-state index contributed by atoms with van der Waals surface area (Å²) in [6, 6.07) is 10.0. The number of carbonyl (C=O) groups is 3. The lowest BCUT2D eigenvalue weighted by Crippen LogP contribution is -2.43. The Morgan fingerprint density at radius 3 is 2.68 bits per heavy atom. The molecular weight excluding hydrogens is 342 g/mol. The molecule has 0 unspecified atom stereocenters. The van der Waals surface area contributed by atoms with Crippen LogP contribution < -0.4 is 4.90 Å². The molecule has 6 nitrogen and oxygen atoms in total. The normalized spacial score (nSPS) is 19.0. The number of esters is 1. The number of rotatable bonds is 6. The topological polar surface area (TPSA) is 83.9 Å². The number of carbonyl (C=O) groups excluding carboxylic acids is 3. The van der Waals surface area contributed by atoms with Gasteiger partial charge in [-0.05, 0) is 24.4 Å². The number of fused-ring (bicyclic) bond motifs is 1. The predicted molar refractivity (Wildman–Crippen MR) is 92.6 cm³/mol. The molecular formula is C18H17NO5S. The van der Waals surface area contributed by atoms with Gasteiger partial charge in [-0.3, -0.25) is 19.3 Å². The zero-order chi connectivity index (χ0) is 18.0. The Hall–Kier alpha value is -2.51. The van der Waals surface area contributed by atoms with Crippen molar-refractivity contribution in [1.29, 1.82) is 0 Å². The number of Topliss-reactive ketones (excluding diaryl/α,β-unsaturated/α-hetero) is 1. The molecule has 0 fully saturated rings. The molecule has 0 aliphatic carbocycles. The molecule has 0 spiro atoms. The number of hydrogen-bond donors (Lipinski definition) is 1. The first kappa shape index (κ1) is 17.3. The van der Waals surface area contributed by atoms with Crippen LogP contribution in [-0.4, -0.2) is 35.9 Å². The van der Waals surface area contributed by atoms with Crippen LogP contribution >= 0.6 is 11.3 Å². The summed E-state index contributed by atoms with van der Waals surface area (Å²) < 4.78 is 4.90. The highest BCUT2D eigenvalue weighted by Gasteiger charge is 2.51. The monoisotopic (exact) mass is 359 g/mol. The number of nitrogens with zero attached hydrogens (tertiary/aromatic N) is 1. The van der Waals surface area contributed by atoms with Crippen LogP contribution in [0.5, 0.6) is 0 Å². The summed E-state index contributed by atoms with van der Waals surface area (Å²) >= 11 is 1.25. The molecule has 1 aromatic heterocycles. The lowest BCUT2D eigenvalue weighted by molar-refractivity contribution is -0.144. The van der Waals surface area contributed by atoms with Crippen LogP contribution in [0.1, 0.15) is 28.6 Å². The molecule has 0 radical (unpaired) electrons. The second-order valence-electron chi connectivity index (χ2n) is 5.65. The van der Waals surface area contributed by atoms with Crippen molar-refractivity contribution in [1.82, 2.24) is 0 Å². The largest absolute Gasteiger partial charge is 0.465 e. The summed E-state index contributed by atoms with van der Waals surface area (Å²) in [5.74, 6) is -1.58. The van der Waals surface area contributed by atoms with E-state index in [1.807, 2.05) is 0 Å². The van der Waals surface area contributed by atoms with Gasteiger partial charge in [0.05, 0.1) is 23.6 Å². The Balaban J connectivity index is 1.93. The lowest BCUT2D eigenvalue weighted by Gasteiger charge is -2.22. The zero-order valence-corrected chi connectivity index (χ0v) is 14.4. The molecule has 130 valence electrons. The quantitative estimate of drug-likeness (QED) is 0.631. The van der Waals surface area contributed by atoms with Gasteiger partial charge in [0.2, 0.25) is 0 Å². The number of amides is 1. The number of anilines is 1. The Labute approximate surface area is 148 Å². The van der Waals surface area contributed by atoms with Crippen molar-refractivity contribution >= 4 is 34.7 Å². The molecule has 1 amide bonds. The van der Waals surface area contributed by atoms with Crippen LogP contribution in [0.25, 0.3) is 0 Å². The molecule has 1 aliphatic heterocycles. The highest BCUT2D eigenvalue weighted by Crippen LogP contribution is 2.42. The van der Waals surface area contributed by atoms with Gasteiger partial charge in [0.15, 0.2) is 11.4 Å². The van der Waals surface area contributed by atoms with Crippen molar-refractivity contribution in [2.24, 2.45) is 0 Å². The SMILES string of the molecule is CCOC(=O)CN1C(=O)[C@](O)(CC(=O)c2cccs2)c2ccccc21. The fourth-order valence-corrected chi connectivity index (χ4v) is 3.59. The van der Waals surface area contributed by atoms with Crippen LogP contribution in [0.4, 0.5) is 5.69 Å². The Kier molecular flexibility index (Phi) is 4.69. The second kappa shape index (κ2) is 6.78. The molecule has 3 rings (SSSR count). The average Bonchev–Trinajstić information content (AvgIpc) is 3.19. The van der Waals surface area contributed by atoms with Crippen molar-refractivity contribution in [3.8, 4) is 0 Å². The Morgan fingerprint density at radius 2 is 2.00 bits per heavy atom. The molecule has 2 aromatic rings. The minimum atomic E-state index is -1.98. The number of ether oxygens (including phenoxy) is 1. The summed E-state index contributed by atoms with van der Waals surface area (Å²) in [6.07, 6.45) is -0.372. The number of aliphatic hydroxyl groups is 1.